The first-order chi connectivity index (χ1) is 15.5. The number of para-hydroxylation sites is 1. The van der Waals surface area contributed by atoms with Gasteiger partial charge in [-0.05, 0) is 24.6 Å². The van der Waals surface area contributed by atoms with Crippen LogP contribution in [0.1, 0.15) is 12.5 Å². The molecular weight excluding hydrogens is 426 g/mol. The number of hydrogen-bond donors (Lipinski definition) is 0. The second-order valence-corrected chi connectivity index (χ2v) is 8.97. The third-order valence-electron chi connectivity index (χ3n) is 5.68. The Kier molecular flexibility index (Phi) is 7.12. The summed E-state index contributed by atoms with van der Waals surface area (Å²) in [5.74, 6) is -0.632. The number of hydrogen-bond acceptors (Lipinski definition) is 6. The lowest BCUT2D eigenvalue weighted by Crippen LogP contribution is -2.51. The number of ether oxygens (including phenoxy) is 1. The van der Waals surface area contributed by atoms with Crippen LogP contribution in [-0.4, -0.2) is 72.2 Å². The van der Waals surface area contributed by atoms with Crippen LogP contribution in [0.25, 0.3) is 0 Å². The summed E-state index contributed by atoms with van der Waals surface area (Å²) in [4.78, 5) is 44.1. The highest BCUT2D eigenvalue weighted by molar-refractivity contribution is 8.00. The van der Waals surface area contributed by atoms with Gasteiger partial charge in [-0.1, -0.05) is 42.5 Å². The van der Waals surface area contributed by atoms with Gasteiger partial charge in [0.25, 0.3) is 5.91 Å². The third kappa shape index (κ3) is 5.31. The van der Waals surface area contributed by atoms with E-state index in [1.807, 2.05) is 42.5 Å². The maximum Gasteiger partial charge on any atom is 0.326 e. The molecule has 0 radical (unpaired) electrons. The molecule has 4 rings (SSSR count). The lowest BCUT2D eigenvalue weighted by molar-refractivity contribution is -0.159. The number of nitrogens with zero attached hydrogens (tertiary/aromatic N) is 3. The molecule has 8 heteroatoms. The Bertz CT molecular complexity index is 976. The normalized spacial score (nSPS) is 17.6. The zero-order chi connectivity index (χ0) is 22.5. The molecular formula is C24H27N3O4S. The number of carbonyl (C=O) groups is 3. The molecule has 0 spiro atoms. The van der Waals surface area contributed by atoms with Crippen molar-refractivity contribution >= 4 is 35.2 Å². The van der Waals surface area contributed by atoms with Gasteiger partial charge in [0.05, 0.1) is 11.4 Å². The molecule has 1 atom stereocenters. The van der Waals surface area contributed by atoms with Crippen LogP contribution in [0.3, 0.4) is 0 Å². The Morgan fingerprint density at radius 3 is 2.44 bits per heavy atom. The molecule has 2 aromatic carbocycles. The van der Waals surface area contributed by atoms with Crippen LogP contribution in [0.4, 0.5) is 5.69 Å². The van der Waals surface area contributed by atoms with E-state index in [4.69, 9.17) is 4.74 Å². The third-order valence-corrected chi connectivity index (χ3v) is 6.73. The number of carbonyl (C=O) groups excluding carboxylic acids is 3. The van der Waals surface area contributed by atoms with E-state index >= 15 is 0 Å². The van der Waals surface area contributed by atoms with Gasteiger partial charge in [-0.3, -0.25) is 24.2 Å². The van der Waals surface area contributed by atoms with Crippen LogP contribution in [-0.2, 0) is 25.7 Å². The summed E-state index contributed by atoms with van der Waals surface area (Å²) in [5, 5.41) is 0. The highest BCUT2D eigenvalue weighted by Gasteiger charge is 2.30. The number of piperazine rings is 1. The van der Waals surface area contributed by atoms with E-state index in [9.17, 15) is 14.4 Å². The lowest BCUT2D eigenvalue weighted by atomic mass is 10.2. The molecule has 2 aromatic rings. The zero-order valence-electron chi connectivity index (χ0n) is 18.1. The predicted octanol–water partition coefficient (Wildman–Crippen LogP) is 2.40. The minimum Gasteiger partial charge on any atom is -0.451 e. The van der Waals surface area contributed by atoms with Gasteiger partial charge in [-0.15, -0.1) is 11.8 Å². The maximum atomic E-state index is 12.8. The Morgan fingerprint density at radius 2 is 1.69 bits per heavy atom. The van der Waals surface area contributed by atoms with Crippen molar-refractivity contribution in [2.45, 2.75) is 24.5 Å². The van der Waals surface area contributed by atoms with Gasteiger partial charge >= 0.3 is 5.97 Å². The SMILES string of the molecule is CC(OC(=O)CN1C(=O)CSc2ccccc21)C(=O)N1CCN(Cc2ccccc2)CC1. The first kappa shape index (κ1) is 22.4. The van der Waals surface area contributed by atoms with E-state index in [0.29, 0.717) is 18.8 Å². The summed E-state index contributed by atoms with van der Waals surface area (Å²) in [6.07, 6.45) is -0.882. The van der Waals surface area contributed by atoms with Gasteiger partial charge in [0.2, 0.25) is 5.91 Å². The summed E-state index contributed by atoms with van der Waals surface area (Å²) in [6, 6.07) is 17.7. The van der Waals surface area contributed by atoms with Crippen molar-refractivity contribution in [2.75, 3.05) is 43.4 Å². The van der Waals surface area contributed by atoms with Crippen molar-refractivity contribution in [3.8, 4) is 0 Å². The minimum atomic E-state index is -0.882. The fourth-order valence-electron chi connectivity index (χ4n) is 3.97. The van der Waals surface area contributed by atoms with Gasteiger partial charge in [-0.2, -0.15) is 0 Å². The van der Waals surface area contributed by atoms with Crippen molar-refractivity contribution in [3.05, 3.63) is 60.2 Å². The Labute approximate surface area is 192 Å². The molecule has 2 aliphatic rings. The average Bonchev–Trinajstić information content (AvgIpc) is 2.81. The summed E-state index contributed by atoms with van der Waals surface area (Å²) >= 11 is 1.46. The van der Waals surface area contributed by atoms with E-state index in [0.717, 1.165) is 24.5 Å². The number of amides is 2. The molecule has 1 saturated heterocycles. The second-order valence-electron chi connectivity index (χ2n) is 7.96. The van der Waals surface area contributed by atoms with Crippen LogP contribution in [0, 0.1) is 0 Å². The second kappa shape index (κ2) is 10.2. The lowest BCUT2D eigenvalue weighted by Gasteiger charge is -2.36. The molecule has 1 fully saturated rings. The minimum absolute atomic E-state index is 0.140. The van der Waals surface area contributed by atoms with Crippen molar-refractivity contribution in [2.24, 2.45) is 0 Å². The predicted molar refractivity (Wildman–Crippen MR) is 123 cm³/mol. The van der Waals surface area contributed by atoms with Crippen LogP contribution in [0.15, 0.2) is 59.5 Å². The molecule has 168 valence electrons. The largest absolute Gasteiger partial charge is 0.451 e. The smallest absolute Gasteiger partial charge is 0.326 e. The summed E-state index contributed by atoms with van der Waals surface area (Å²) in [6.45, 7) is 5.01. The zero-order valence-corrected chi connectivity index (χ0v) is 18.9. The van der Waals surface area contributed by atoms with Gasteiger partial charge in [0.1, 0.15) is 6.54 Å². The van der Waals surface area contributed by atoms with Crippen LogP contribution >= 0.6 is 11.8 Å². The fraction of sp³-hybridized carbons (Fsp3) is 0.375. The first-order valence-corrected chi connectivity index (χ1v) is 11.8. The molecule has 0 saturated carbocycles. The standard InChI is InChI=1S/C24H27N3O4S/c1-18(24(30)26-13-11-25(12-14-26)15-19-7-3-2-4-8-19)31-23(29)16-27-20-9-5-6-10-21(20)32-17-22(27)28/h2-10,18H,11-17H2,1H3. The fourth-order valence-corrected chi connectivity index (χ4v) is 4.90. The molecule has 32 heavy (non-hydrogen) atoms. The van der Waals surface area contributed by atoms with Gasteiger partial charge < -0.3 is 9.64 Å². The highest BCUT2D eigenvalue weighted by Crippen LogP contribution is 2.34. The van der Waals surface area contributed by atoms with E-state index in [2.05, 4.69) is 17.0 Å². The molecule has 7 nitrogen and oxygen atoms in total. The monoisotopic (exact) mass is 453 g/mol. The van der Waals surface area contributed by atoms with Gasteiger partial charge in [0, 0.05) is 37.6 Å². The first-order valence-electron chi connectivity index (χ1n) is 10.8. The van der Waals surface area contributed by atoms with Crippen molar-refractivity contribution in [3.63, 3.8) is 0 Å². The van der Waals surface area contributed by atoms with Crippen LogP contribution < -0.4 is 4.90 Å². The van der Waals surface area contributed by atoms with E-state index in [-0.39, 0.29) is 24.1 Å². The molecule has 0 aromatic heterocycles. The van der Waals surface area contributed by atoms with Crippen molar-refractivity contribution < 1.29 is 19.1 Å². The van der Waals surface area contributed by atoms with Crippen molar-refractivity contribution in [1.29, 1.82) is 0 Å². The number of fused-ring (bicyclic) bond motifs is 1. The van der Waals surface area contributed by atoms with Gasteiger partial charge in [0.15, 0.2) is 6.10 Å². The van der Waals surface area contributed by atoms with Gasteiger partial charge in [-0.25, -0.2) is 0 Å². The number of thioether (sulfide) groups is 1. The Balaban J connectivity index is 1.27. The summed E-state index contributed by atoms with van der Waals surface area (Å²) in [7, 11) is 0. The number of esters is 1. The number of rotatable bonds is 6. The average molecular weight is 454 g/mol. The van der Waals surface area contributed by atoms with Crippen molar-refractivity contribution in [1.82, 2.24) is 9.80 Å². The summed E-state index contributed by atoms with van der Waals surface area (Å²) in [5.41, 5.74) is 1.96. The molecule has 2 aliphatic heterocycles. The van der Waals surface area contributed by atoms with E-state index in [1.54, 1.807) is 11.8 Å². The Hall–Kier alpha value is -2.84. The molecule has 0 aliphatic carbocycles. The summed E-state index contributed by atoms with van der Waals surface area (Å²) < 4.78 is 5.41. The quantitative estimate of drug-likeness (QED) is 0.626. The molecule has 0 N–H and O–H groups in total. The number of anilines is 1. The highest BCUT2D eigenvalue weighted by atomic mass is 32.2. The molecule has 2 heterocycles. The molecule has 0 bridgehead atoms. The molecule has 2 amide bonds. The topological polar surface area (TPSA) is 70.2 Å². The van der Waals surface area contributed by atoms with E-state index in [1.165, 1.54) is 22.2 Å². The van der Waals surface area contributed by atoms with Crippen LogP contribution in [0.5, 0.6) is 0 Å². The Morgan fingerprint density at radius 1 is 1.00 bits per heavy atom. The maximum absolute atomic E-state index is 12.8. The number of benzene rings is 2. The molecule has 1 unspecified atom stereocenters. The van der Waals surface area contributed by atoms with Crippen LogP contribution in [0.2, 0.25) is 0 Å². The van der Waals surface area contributed by atoms with E-state index < -0.39 is 12.1 Å².